The first-order valence-corrected chi connectivity index (χ1v) is 15.1. The van der Waals surface area contributed by atoms with Crippen molar-refractivity contribution in [3.8, 4) is 5.88 Å². The van der Waals surface area contributed by atoms with Crippen LogP contribution in [-0.4, -0.2) is 75.2 Å². The van der Waals surface area contributed by atoms with Gasteiger partial charge in [-0.3, -0.25) is 4.99 Å². The van der Waals surface area contributed by atoms with Crippen molar-refractivity contribution in [3.05, 3.63) is 76.9 Å². The zero-order valence-corrected chi connectivity index (χ0v) is 26.3. The van der Waals surface area contributed by atoms with Crippen LogP contribution in [0.2, 0.25) is 0 Å². The Morgan fingerprint density at radius 1 is 1.17 bits per heavy atom. The van der Waals surface area contributed by atoms with Gasteiger partial charge in [0.25, 0.3) is 0 Å². The fraction of sp³-hybridized carbons (Fsp3) is 0.394. The third-order valence-electron chi connectivity index (χ3n) is 7.63. The number of ether oxygens (including phenoxy) is 2. The molecular formula is C33H38F2N8O3. The average molecular weight is 633 g/mol. The number of hydrogen-bond donors (Lipinski definition) is 3. The fourth-order valence-electron chi connectivity index (χ4n) is 5.23. The van der Waals surface area contributed by atoms with Gasteiger partial charge in [-0.15, -0.1) is 0 Å². The first-order valence-electron chi connectivity index (χ1n) is 15.1. The molecule has 1 aliphatic rings. The van der Waals surface area contributed by atoms with E-state index < -0.39 is 17.4 Å². The van der Waals surface area contributed by atoms with E-state index in [9.17, 15) is 9.18 Å². The molecule has 0 aromatic carbocycles. The Morgan fingerprint density at radius 2 is 1.96 bits per heavy atom. The molecule has 1 fully saturated rings. The number of amides is 1. The number of likely N-dealkylation sites (tertiary alicyclic amines) is 1. The Morgan fingerprint density at radius 3 is 2.65 bits per heavy atom. The molecule has 3 N–H and O–H groups in total. The zero-order chi connectivity index (χ0) is 32.8. The summed E-state index contributed by atoms with van der Waals surface area (Å²) in [7, 11) is 1.44. The largest absolute Gasteiger partial charge is 0.481 e. The Hall–Kier alpha value is -4.94. The maximum absolute atomic E-state index is 15.1. The van der Waals surface area contributed by atoms with Crippen molar-refractivity contribution in [2.75, 3.05) is 25.5 Å². The van der Waals surface area contributed by atoms with E-state index in [1.807, 2.05) is 26.8 Å². The lowest BCUT2D eigenvalue weighted by Gasteiger charge is -2.32. The van der Waals surface area contributed by atoms with Gasteiger partial charge in [0.05, 0.1) is 25.3 Å². The summed E-state index contributed by atoms with van der Waals surface area (Å²) in [5.74, 6) is -0.955. The molecule has 0 aliphatic carbocycles. The molecule has 11 nitrogen and oxygen atoms in total. The van der Waals surface area contributed by atoms with Gasteiger partial charge in [-0.2, -0.15) is 4.39 Å². The summed E-state index contributed by atoms with van der Waals surface area (Å²) >= 11 is 0. The molecule has 1 atom stereocenters. The highest BCUT2D eigenvalue weighted by molar-refractivity contribution is 5.91. The summed E-state index contributed by atoms with van der Waals surface area (Å²) in [4.78, 5) is 34.4. The van der Waals surface area contributed by atoms with E-state index in [0.717, 1.165) is 22.7 Å². The lowest BCUT2D eigenvalue weighted by molar-refractivity contribution is 0.0207. The van der Waals surface area contributed by atoms with Crippen molar-refractivity contribution >= 4 is 35.4 Å². The molecule has 1 aliphatic heterocycles. The number of aromatic amines is 1. The second-order valence-electron chi connectivity index (χ2n) is 12.2. The topological polar surface area (TPSA) is 141 Å². The van der Waals surface area contributed by atoms with Gasteiger partial charge < -0.3 is 30.1 Å². The number of piperidine rings is 1. The molecule has 1 unspecified atom stereocenters. The number of pyridine rings is 3. The quantitative estimate of drug-likeness (QED) is 0.143. The number of nitrogens with zero attached hydrogens (tertiary/aromatic N) is 5. The SMILES string of the molecule is COc1ncc(F)cc1CNc1ccc(Cc2c[nH]c3ncc(C(C=N)C=NC4CCN(C(=O)OC(C)(C)C)CC4)cc23)c(F)n1. The van der Waals surface area contributed by atoms with Crippen molar-refractivity contribution in [1.82, 2.24) is 24.8 Å². The highest BCUT2D eigenvalue weighted by atomic mass is 19.1. The first kappa shape index (κ1) is 32.5. The predicted octanol–water partition coefficient (Wildman–Crippen LogP) is 6.05. The van der Waals surface area contributed by atoms with Crippen molar-refractivity contribution in [1.29, 1.82) is 5.41 Å². The minimum absolute atomic E-state index is 0.0427. The third-order valence-corrected chi connectivity index (χ3v) is 7.63. The van der Waals surface area contributed by atoms with Crippen LogP contribution in [0.1, 0.15) is 61.8 Å². The van der Waals surface area contributed by atoms with Crippen LogP contribution in [0.5, 0.6) is 5.88 Å². The van der Waals surface area contributed by atoms with Crippen LogP contribution in [0.15, 0.2) is 47.8 Å². The number of rotatable bonds is 10. The number of hydrogen-bond acceptors (Lipinski definition) is 9. The molecule has 4 aromatic rings. The number of H-pyrrole nitrogens is 1. The van der Waals surface area contributed by atoms with E-state index in [1.54, 1.807) is 35.6 Å². The lowest BCUT2D eigenvalue weighted by atomic mass is 9.99. The molecule has 1 amide bonds. The van der Waals surface area contributed by atoms with Crippen LogP contribution < -0.4 is 10.1 Å². The van der Waals surface area contributed by atoms with E-state index in [0.29, 0.717) is 48.5 Å². The van der Waals surface area contributed by atoms with Gasteiger partial charge in [-0.1, -0.05) is 6.07 Å². The smallest absolute Gasteiger partial charge is 0.410 e. The molecule has 5 heterocycles. The van der Waals surface area contributed by atoms with Gasteiger partial charge in [-0.25, -0.2) is 24.1 Å². The number of nitrogens with one attached hydrogen (secondary N) is 3. The van der Waals surface area contributed by atoms with Crippen molar-refractivity contribution in [2.24, 2.45) is 4.99 Å². The standard InChI is InChI=1S/C33H38F2N8O3/c1-33(2,3)46-32(44)43-9-7-26(8-10-43)37-18-24(14-36)21-13-27-22(16-40-30(27)39-15-21)11-20-5-6-28(42-29(20)35)38-17-23-12-25(34)19-41-31(23)45-4/h5-6,12-16,18-19,24,26,36H,7-11,17H2,1-4H3,(H,38,42)(H,39,40). The highest BCUT2D eigenvalue weighted by Crippen LogP contribution is 2.26. The van der Waals surface area contributed by atoms with E-state index in [1.165, 1.54) is 19.4 Å². The van der Waals surface area contributed by atoms with Crippen LogP contribution in [0, 0.1) is 17.2 Å². The van der Waals surface area contributed by atoms with Crippen LogP contribution in [-0.2, 0) is 17.7 Å². The number of aromatic nitrogens is 4. The monoisotopic (exact) mass is 632 g/mol. The van der Waals surface area contributed by atoms with Gasteiger partial charge in [-0.05, 0) is 62.9 Å². The number of halogens is 2. The molecule has 5 rings (SSSR count). The Bertz CT molecular complexity index is 1730. The van der Waals surface area contributed by atoms with Crippen molar-refractivity contribution in [3.63, 3.8) is 0 Å². The van der Waals surface area contributed by atoms with Crippen molar-refractivity contribution in [2.45, 2.75) is 64.1 Å². The van der Waals surface area contributed by atoms with Gasteiger partial charge in [0.1, 0.15) is 22.9 Å². The van der Waals surface area contributed by atoms with Crippen LogP contribution in [0.3, 0.4) is 0 Å². The Labute approximate surface area is 266 Å². The van der Waals surface area contributed by atoms with Gasteiger partial charge in [0.2, 0.25) is 11.8 Å². The molecular weight excluding hydrogens is 594 g/mol. The highest BCUT2D eigenvalue weighted by Gasteiger charge is 2.26. The summed E-state index contributed by atoms with van der Waals surface area (Å²) in [5, 5.41) is 11.8. The van der Waals surface area contributed by atoms with E-state index >= 15 is 4.39 Å². The molecule has 4 aromatic heterocycles. The van der Waals surface area contributed by atoms with Gasteiger partial charge in [0, 0.05) is 67.4 Å². The first-order chi connectivity index (χ1) is 22.0. The van der Waals surface area contributed by atoms with E-state index in [-0.39, 0.29) is 36.9 Å². The molecule has 13 heteroatoms. The number of fused-ring (bicyclic) bond motifs is 1. The normalized spacial score (nSPS) is 14.9. The number of aliphatic imine (C=N–C) groups is 1. The number of methoxy groups -OCH3 is 1. The summed E-state index contributed by atoms with van der Waals surface area (Å²) in [6.45, 7) is 6.83. The molecule has 0 bridgehead atoms. The van der Waals surface area contributed by atoms with E-state index in [2.05, 4.69) is 25.3 Å². The summed E-state index contributed by atoms with van der Waals surface area (Å²) < 4.78 is 39.4. The number of anilines is 1. The minimum atomic E-state index is -0.630. The number of carbonyl (C=O) groups is 1. The molecule has 0 radical (unpaired) electrons. The Kier molecular flexibility index (Phi) is 9.88. The predicted molar refractivity (Wildman–Crippen MR) is 172 cm³/mol. The molecule has 242 valence electrons. The molecule has 46 heavy (non-hydrogen) atoms. The average Bonchev–Trinajstić information content (AvgIpc) is 3.43. The van der Waals surface area contributed by atoms with Crippen molar-refractivity contribution < 1.29 is 23.0 Å². The lowest BCUT2D eigenvalue weighted by Crippen LogP contribution is -2.42. The summed E-state index contributed by atoms with van der Waals surface area (Å²) in [6.07, 6.45) is 9.04. The van der Waals surface area contributed by atoms with Crippen LogP contribution in [0.4, 0.5) is 19.4 Å². The van der Waals surface area contributed by atoms with Crippen LogP contribution in [0.25, 0.3) is 11.0 Å². The van der Waals surface area contributed by atoms with Crippen LogP contribution >= 0.6 is 0 Å². The second-order valence-corrected chi connectivity index (χ2v) is 12.2. The van der Waals surface area contributed by atoms with Gasteiger partial charge >= 0.3 is 6.09 Å². The maximum Gasteiger partial charge on any atom is 0.410 e. The minimum Gasteiger partial charge on any atom is -0.481 e. The maximum atomic E-state index is 15.1. The zero-order valence-electron chi connectivity index (χ0n) is 26.3. The molecule has 0 saturated carbocycles. The fourth-order valence-corrected chi connectivity index (χ4v) is 5.23. The molecule has 1 saturated heterocycles. The summed E-state index contributed by atoms with van der Waals surface area (Å²) in [5.41, 5.74) is 2.61. The molecule has 0 spiro atoms. The Balaban J connectivity index is 1.23. The van der Waals surface area contributed by atoms with E-state index in [4.69, 9.17) is 19.9 Å². The van der Waals surface area contributed by atoms with Gasteiger partial charge in [0.15, 0.2) is 0 Å². The summed E-state index contributed by atoms with van der Waals surface area (Å²) in [6, 6.07) is 6.61. The third kappa shape index (κ3) is 8.01. The second kappa shape index (κ2) is 14.0. The number of carbonyl (C=O) groups excluding carboxylic acids is 1.